The fraction of sp³-hybridized carbons (Fsp3) is 0.316. The normalized spacial score (nSPS) is 11.9. The zero-order chi connectivity index (χ0) is 17.0. The first-order valence-corrected chi connectivity index (χ1v) is 8.00. The van der Waals surface area contributed by atoms with Crippen LogP contribution in [-0.2, 0) is 4.79 Å². The molecule has 0 aliphatic rings. The molecule has 0 saturated heterocycles. The number of aryl methyl sites for hydroxylation is 3. The van der Waals surface area contributed by atoms with Gasteiger partial charge in [0.25, 0.3) is 5.91 Å². The van der Waals surface area contributed by atoms with Crippen molar-refractivity contribution >= 4 is 17.5 Å². The van der Waals surface area contributed by atoms with Crippen LogP contribution in [0.5, 0.6) is 5.75 Å². The van der Waals surface area contributed by atoms with Crippen molar-refractivity contribution in [1.82, 2.24) is 5.32 Å². The first-order chi connectivity index (χ1) is 10.9. The predicted octanol–water partition coefficient (Wildman–Crippen LogP) is 4.52. The summed E-state index contributed by atoms with van der Waals surface area (Å²) >= 11 is 5.89. The van der Waals surface area contributed by atoms with Gasteiger partial charge in [0.05, 0.1) is 6.04 Å². The van der Waals surface area contributed by atoms with Crippen LogP contribution in [0.4, 0.5) is 0 Å². The van der Waals surface area contributed by atoms with E-state index in [1.807, 2.05) is 6.92 Å². The average Bonchev–Trinajstić information content (AvgIpc) is 2.49. The fourth-order valence-corrected chi connectivity index (χ4v) is 2.70. The van der Waals surface area contributed by atoms with Gasteiger partial charge >= 0.3 is 0 Å². The van der Waals surface area contributed by atoms with Crippen molar-refractivity contribution in [3.8, 4) is 5.75 Å². The highest BCUT2D eigenvalue weighted by Crippen LogP contribution is 2.22. The fourth-order valence-electron chi connectivity index (χ4n) is 2.52. The number of amides is 1. The molecule has 1 amide bonds. The van der Waals surface area contributed by atoms with Crippen LogP contribution in [0.3, 0.4) is 0 Å². The van der Waals surface area contributed by atoms with Crippen LogP contribution in [0, 0.1) is 20.8 Å². The predicted molar refractivity (Wildman–Crippen MR) is 94.2 cm³/mol. The molecule has 0 unspecified atom stereocenters. The zero-order valence-corrected chi connectivity index (χ0v) is 14.7. The number of carbonyl (C=O) groups is 1. The van der Waals surface area contributed by atoms with Gasteiger partial charge in [-0.2, -0.15) is 0 Å². The van der Waals surface area contributed by atoms with E-state index < -0.39 is 0 Å². The van der Waals surface area contributed by atoms with Crippen molar-refractivity contribution in [3.05, 3.63) is 63.7 Å². The lowest BCUT2D eigenvalue weighted by atomic mass is 9.96. The van der Waals surface area contributed by atoms with Crippen LogP contribution >= 0.6 is 11.6 Å². The number of benzene rings is 2. The molecule has 0 aromatic heterocycles. The topological polar surface area (TPSA) is 38.3 Å². The van der Waals surface area contributed by atoms with E-state index in [2.05, 4.69) is 38.2 Å². The molecule has 0 spiro atoms. The van der Waals surface area contributed by atoms with E-state index in [0.717, 1.165) is 5.56 Å². The largest absolute Gasteiger partial charge is 0.484 e. The maximum atomic E-state index is 12.1. The summed E-state index contributed by atoms with van der Waals surface area (Å²) in [6.07, 6.45) is 0. The van der Waals surface area contributed by atoms with Gasteiger partial charge in [0.15, 0.2) is 6.61 Å². The Bertz CT molecular complexity index is 713. The molecule has 0 fully saturated rings. The van der Waals surface area contributed by atoms with Gasteiger partial charge in [0.2, 0.25) is 0 Å². The van der Waals surface area contributed by atoms with Crippen LogP contribution in [0.25, 0.3) is 0 Å². The molecule has 23 heavy (non-hydrogen) atoms. The minimum absolute atomic E-state index is 0.0332. The molecule has 0 aliphatic carbocycles. The number of ether oxygens (including phenoxy) is 1. The van der Waals surface area contributed by atoms with E-state index >= 15 is 0 Å². The Labute approximate surface area is 142 Å². The SMILES string of the molecule is Cc1cc(C)c([C@H](C)NC(=O)COc2cccc(Cl)c2)cc1C. The van der Waals surface area contributed by atoms with E-state index in [-0.39, 0.29) is 18.6 Å². The quantitative estimate of drug-likeness (QED) is 0.874. The molecule has 3 nitrogen and oxygen atoms in total. The Kier molecular flexibility index (Phi) is 5.67. The van der Waals surface area contributed by atoms with Crippen LogP contribution in [0.1, 0.15) is 35.2 Å². The Morgan fingerprint density at radius 3 is 2.52 bits per heavy atom. The van der Waals surface area contributed by atoms with Gasteiger partial charge in [-0.1, -0.05) is 29.8 Å². The van der Waals surface area contributed by atoms with Crippen LogP contribution in [-0.4, -0.2) is 12.5 Å². The van der Waals surface area contributed by atoms with Gasteiger partial charge in [-0.15, -0.1) is 0 Å². The molecule has 4 heteroatoms. The first kappa shape index (κ1) is 17.4. The van der Waals surface area contributed by atoms with E-state index in [9.17, 15) is 4.79 Å². The van der Waals surface area contributed by atoms with E-state index in [1.165, 1.54) is 16.7 Å². The Morgan fingerprint density at radius 2 is 1.83 bits per heavy atom. The second-order valence-electron chi connectivity index (χ2n) is 5.83. The van der Waals surface area contributed by atoms with Crippen molar-refractivity contribution < 1.29 is 9.53 Å². The van der Waals surface area contributed by atoms with E-state index in [0.29, 0.717) is 10.8 Å². The molecular weight excluding hydrogens is 310 g/mol. The van der Waals surface area contributed by atoms with Crippen LogP contribution < -0.4 is 10.1 Å². The van der Waals surface area contributed by atoms with Crippen molar-refractivity contribution in [2.24, 2.45) is 0 Å². The molecule has 2 aromatic rings. The lowest BCUT2D eigenvalue weighted by Gasteiger charge is -2.18. The third-order valence-electron chi connectivity index (χ3n) is 3.89. The van der Waals surface area contributed by atoms with Gasteiger partial charge in [-0.3, -0.25) is 4.79 Å². The number of rotatable bonds is 5. The molecule has 0 aliphatic heterocycles. The Hall–Kier alpha value is -2.00. The molecule has 0 radical (unpaired) electrons. The summed E-state index contributed by atoms with van der Waals surface area (Å²) in [7, 11) is 0. The highest BCUT2D eigenvalue weighted by molar-refractivity contribution is 6.30. The van der Waals surface area contributed by atoms with Gasteiger partial charge in [-0.25, -0.2) is 0 Å². The number of carbonyl (C=O) groups excluding carboxylic acids is 1. The minimum Gasteiger partial charge on any atom is -0.484 e. The molecule has 1 atom stereocenters. The number of hydrogen-bond donors (Lipinski definition) is 1. The summed E-state index contributed by atoms with van der Waals surface area (Å²) < 4.78 is 5.46. The van der Waals surface area contributed by atoms with Gasteiger partial charge in [0.1, 0.15) is 5.75 Å². The summed E-state index contributed by atoms with van der Waals surface area (Å²) in [5.74, 6) is 0.428. The van der Waals surface area contributed by atoms with E-state index in [1.54, 1.807) is 24.3 Å². The summed E-state index contributed by atoms with van der Waals surface area (Å²) in [5, 5.41) is 3.56. The molecule has 1 N–H and O–H groups in total. The lowest BCUT2D eigenvalue weighted by molar-refractivity contribution is -0.123. The smallest absolute Gasteiger partial charge is 0.258 e. The molecule has 122 valence electrons. The second-order valence-corrected chi connectivity index (χ2v) is 6.26. The Balaban J connectivity index is 1.96. The van der Waals surface area contributed by atoms with Gasteiger partial charge < -0.3 is 10.1 Å². The summed E-state index contributed by atoms with van der Waals surface area (Å²) in [6, 6.07) is 11.2. The number of halogens is 1. The summed E-state index contributed by atoms with van der Waals surface area (Å²) in [5.41, 5.74) is 4.79. The maximum Gasteiger partial charge on any atom is 0.258 e. The molecule has 2 rings (SSSR count). The molecule has 2 aromatic carbocycles. The Morgan fingerprint density at radius 1 is 1.13 bits per heavy atom. The van der Waals surface area contributed by atoms with Crippen molar-refractivity contribution in [1.29, 1.82) is 0 Å². The minimum atomic E-state index is -0.157. The van der Waals surface area contributed by atoms with Crippen molar-refractivity contribution in [2.45, 2.75) is 33.7 Å². The summed E-state index contributed by atoms with van der Waals surface area (Å²) in [4.78, 5) is 12.1. The first-order valence-electron chi connectivity index (χ1n) is 7.62. The third-order valence-corrected chi connectivity index (χ3v) is 4.13. The molecule has 0 heterocycles. The van der Waals surface area contributed by atoms with Crippen LogP contribution in [0.2, 0.25) is 5.02 Å². The average molecular weight is 332 g/mol. The number of nitrogens with one attached hydrogen (secondary N) is 1. The van der Waals surface area contributed by atoms with Crippen molar-refractivity contribution in [3.63, 3.8) is 0 Å². The highest BCUT2D eigenvalue weighted by Gasteiger charge is 2.13. The molecule has 0 saturated carbocycles. The van der Waals surface area contributed by atoms with Gasteiger partial charge in [-0.05, 0) is 68.1 Å². The second kappa shape index (κ2) is 7.51. The monoisotopic (exact) mass is 331 g/mol. The number of hydrogen-bond acceptors (Lipinski definition) is 2. The van der Waals surface area contributed by atoms with E-state index in [4.69, 9.17) is 16.3 Å². The van der Waals surface area contributed by atoms with Crippen LogP contribution in [0.15, 0.2) is 36.4 Å². The zero-order valence-electron chi connectivity index (χ0n) is 13.9. The molecule has 0 bridgehead atoms. The third kappa shape index (κ3) is 4.73. The molecular formula is C19H22ClNO2. The standard InChI is InChI=1S/C19H22ClNO2/c1-12-8-14(3)18(9-13(12)2)15(4)21-19(22)11-23-17-7-5-6-16(20)10-17/h5-10,15H,11H2,1-4H3,(H,21,22)/t15-/m0/s1. The summed E-state index contributed by atoms with van der Waals surface area (Å²) in [6.45, 7) is 8.18. The van der Waals surface area contributed by atoms with Gasteiger partial charge in [0, 0.05) is 5.02 Å². The maximum absolute atomic E-state index is 12.1. The lowest BCUT2D eigenvalue weighted by Crippen LogP contribution is -2.31. The van der Waals surface area contributed by atoms with Crippen molar-refractivity contribution in [2.75, 3.05) is 6.61 Å². The highest BCUT2D eigenvalue weighted by atomic mass is 35.5.